The number of hydrogen-bond acceptors (Lipinski definition) is 8. The molecule has 2 aromatic rings. The molecule has 0 saturated carbocycles. The Labute approximate surface area is 191 Å². The predicted octanol–water partition coefficient (Wildman–Crippen LogP) is 2.36. The maximum atomic E-state index is 12.5. The fourth-order valence-electron chi connectivity index (χ4n) is 3.72. The number of carbonyl (C=O) groups excluding carboxylic acids is 1. The zero-order valence-corrected chi connectivity index (χ0v) is 19.5. The Bertz CT molecular complexity index is 1130. The van der Waals surface area contributed by atoms with Crippen LogP contribution in [-0.4, -0.2) is 63.1 Å². The summed E-state index contributed by atoms with van der Waals surface area (Å²) in [5.74, 6) is 1.59. The Hall–Kier alpha value is -2.72. The number of hydrogen-bond donors (Lipinski definition) is 2. The van der Waals surface area contributed by atoms with Crippen molar-refractivity contribution in [3.63, 3.8) is 0 Å². The Morgan fingerprint density at radius 2 is 1.91 bits per heavy atom. The Morgan fingerprint density at radius 1 is 1.12 bits per heavy atom. The lowest BCUT2D eigenvalue weighted by atomic mass is 10.1. The molecule has 4 rings (SSSR count). The SMILES string of the molecule is COc1ccc(CCNC(=O)c2ccc(NC3=N[C@@H]4CS(=O)(=O)C[C@H]4S3)cc2)c(OC)c1. The van der Waals surface area contributed by atoms with Gasteiger partial charge in [-0.25, -0.2) is 8.42 Å². The second kappa shape index (κ2) is 9.41. The maximum Gasteiger partial charge on any atom is 0.251 e. The molecular weight excluding hydrogens is 450 g/mol. The lowest BCUT2D eigenvalue weighted by Gasteiger charge is -2.11. The number of benzene rings is 2. The smallest absolute Gasteiger partial charge is 0.251 e. The summed E-state index contributed by atoms with van der Waals surface area (Å²) in [6.45, 7) is 0.473. The predicted molar refractivity (Wildman–Crippen MR) is 127 cm³/mol. The van der Waals surface area contributed by atoms with E-state index in [1.165, 1.54) is 11.8 Å². The molecule has 2 aliphatic heterocycles. The number of amidine groups is 1. The molecule has 0 bridgehead atoms. The molecule has 1 fully saturated rings. The molecule has 0 unspecified atom stereocenters. The average molecular weight is 476 g/mol. The van der Waals surface area contributed by atoms with Gasteiger partial charge in [-0.3, -0.25) is 9.79 Å². The number of carbonyl (C=O) groups is 1. The van der Waals surface area contributed by atoms with Gasteiger partial charge in [-0.15, -0.1) is 0 Å². The first-order valence-electron chi connectivity index (χ1n) is 10.2. The second-order valence-electron chi connectivity index (χ2n) is 7.62. The number of methoxy groups -OCH3 is 2. The topological polar surface area (TPSA) is 106 Å². The molecule has 2 aromatic carbocycles. The first kappa shape index (κ1) is 22.5. The molecule has 0 radical (unpaired) electrons. The van der Waals surface area contributed by atoms with Crippen LogP contribution in [0.5, 0.6) is 11.5 Å². The van der Waals surface area contributed by atoms with Gasteiger partial charge in [0.15, 0.2) is 15.0 Å². The van der Waals surface area contributed by atoms with Gasteiger partial charge < -0.3 is 20.1 Å². The molecule has 1 amide bonds. The molecule has 8 nitrogen and oxygen atoms in total. The van der Waals surface area contributed by atoms with E-state index in [1.807, 2.05) is 30.3 Å². The molecule has 0 aromatic heterocycles. The van der Waals surface area contributed by atoms with Crippen LogP contribution < -0.4 is 20.1 Å². The van der Waals surface area contributed by atoms with Gasteiger partial charge in [-0.05, 0) is 42.3 Å². The van der Waals surface area contributed by atoms with Gasteiger partial charge in [-0.1, -0.05) is 17.8 Å². The van der Waals surface area contributed by atoms with Gasteiger partial charge >= 0.3 is 0 Å². The molecule has 2 atom stereocenters. The standard InChI is InChI=1S/C22H25N3O5S2/c1-29-17-8-5-14(19(11-17)30-2)9-10-23-21(26)15-3-6-16(7-4-15)24-22-25-18-12-32(27,28)13-20(18)31-22/h3-8,11,18,20H,9-10,12-13H2,1-2H3,(H,23,26)(H,24,25)/t18-,20-/m1/s1. The lowest BCUT2D eigenvalue weighted by Crippen LogP contribution is -2.25. The van der Waals surface area contributed by atoms with Crippen LogP contribution in [0.2, 0.25) is 0 Å². The fourth-order valence-corrected chi connectivity index (χ4v) is 7.39. The van der Waals surface area contributed by atoms with Crippen LogP contribution in [0.3, 0.4) is 0 Å². The van der Waals surface area contributed by atoms with Crippen LogP contribution in [0.1, 0.15) is 15.9 Å². The van der Waals surface area contributed by atoms with Gasteiger partial charge in [0.05, 0.1) is 31.8 Å². The summed E-state index contributed by atoms with van der Waals surface area (Å²) in [4.78, 5) is 17.0. The van der Waals surface area contributed by atoms with Gasteiger partial charge in [-0.2, -0.15) is 0 Å². The van der Waals surface area contributed by atoms with Crippen molar-refractivity contribution < 1.29 is 22.7 Å². The molecule has 32 heavy (non-hydrogen) atoms. The van der Waals surface area contributed by atoms with Gasteiger partial charge in [0.25, 0.3) is 5.91 Å². The summed E-state index contributed by atoms with van der Waals surface area (Å²) < 4.78 is 33.9. The van der Waals surface area contributed by atoms with E-state index in [9.17, 15) is 13.2 Å². The van der Waals surface area contributed by atoms with Gasteiger partial charge in [0.1, 0.15) is 11.5 Å². The molecule has 2 aliphatic rings. The number of nitrogens with one attached hydrogen (secondary N) is 2. The van der Waals surface area contributed by atoms with Crippen molar-refractivity contribution in [3.05, 3.63) is 53.6 Å². The van der Waals surface area contributed by atoms with Crippen LogP contribution in [-0.2, 0) is 16.3 Å². The van der Waals surface area contributed by atoms with Crippen molar-refractivity contribution in [2.75, 3.05) is 37.6 Å². The van der Waals surface area contributed by atoms with Crippen LogP contribution in [0.15, 0.2) is 47.5 Å². The van der Waals surface area contributed by atoms with E-state index < -0.39 is 9.84 Å². The monoisotopic (exact) mass is 475 g/mol. The number of aliphatic imine (C=N–C) groups is 1. The van der Waals surface area contributed by atoms with E-state index in [0.717, 1.165) is 27.9 Å². The molecule has 2 N–H and O–H groups in total. The summed E-state index contributed by atoms with van der Waals surface area (Å²) in [5.41, 5.74) is 2.35. The molecule has 0 aliphatic carbocycles. The first-order valence-corrected chi connectivity index (χ1v) is 12.9. The highest BCUT2D eigenvalue weighted by Crippen LogP contribution is 2.34. The maximum absolute atomic E-state index is 12.5. The van der Waals surface area contributed by atoms with Gasteiger partial charge in [0, 0.05) is 29.1 Å². The third kappa shape index (κ3) is 5.18. The number of sulfone groups is 1. The number of thioether (sulfide) groups is 1. The third-order valence-corrected chi connectivity index (χ3v) is 8.53. The van der Waals surface area contributed by atoms with Crippen LogP contribution in [0.4, 0.5) is 5.69 Å². The van der Waals surface area contributed by atoms with Crippen molar-refractivity contribution in [1.82, 2.24) is 5.32 Å². The normalized spacial score (nSPS) is 20.9. The number of rotatable bonds is 7. The summed E-state index contributed by atoms with van der Waals surface area (Å²) in [5, 5.41) is 6.86. The van der Waals surface area contributed by atoms with Crippen molar-refractivity contribution >= 4 is 38.4 Å². The van der Waals surface area contributed by atoms with Gasteiger partial charge in [0.2, 0.25) is 0 Å². The Balaban J connectivity index is 1.28. The van der Waals surface area contributed by atoms with E-state index in [4.69, 9.17) is 9.47 Å². The van der Waals surface area contributed by atoms with E-state index >= 15 is 0 Å². The lowest BCUT2D eigenvalue weighted by molar-refractivity contribution is 0.0954. The molecule has 2 heterocycles. The quantitative estimate of drug-likeness (QED) is 0.633. The minimum absolute atomic E-state index is 0.00289. The Kier molecular flexibility index (Phi) is 6.61. The first-order chi connectivity index (χ1) is 15.4. The number of nitrogens with zero attached hydrogens (tertiary/aromatic N) is 1. The van der Waals surface area contributed by atoms with Crippen molar-refractivity contribution in [2.24, 2.45) is 4.99 Å². The van der Waals surface area contributed by atoms with Crippen LogP contribution in [0, 0.1) is 0 Å². The van der Waals surface area contributed by atoms with Crippen molar-refractivity contribution in [1.29, 1.82) is 0 Å². The van der Waals surface area contributed by atoms with Crippen LogP contribution in [0.25, 0.3) is 0 Å². The van der Waals surface area contributed by atoms with Crippen molar-refractivity contribution in [3.8, 4) is 11.5 Å². The summed E-state index contributed by atoms with van der Waals surface area (Å²) in [6.07, 6.45) is 0.633. The zero-order chi connectivity index (χ0) is 22.7. The van der Waals surface area contributed by atoms with E-state index in [0.29, 0.717) is 18.5 Å². The molecule has 1 saturated heterocycles. The van der Waals surface area contributed by atoms with E-state index in [-0.39, 0.29) is 28.7 Å². The van der Waals surface area contributed by atoms with E-state index in [1.54, 1.807) is 26.4 Å². The minimum atomic E-state index is -2.96. The van der Waals surface area contributed by atoms with E-state index in [2.05, 4.69) is 15.6 Å². The number of ether oxygens (including phenoxy) is 2. The highest BCUT2D eigenvalue weighted by Gasteiger charge is 2.42. The van der Waals surface area contributed by atoms with Crippen LogP contribution >= 0.6 is 11.8 Å². The Morgan fingerprint density at radius 3 is 2.59 bits per heavy atom. The molecule has 170 valence electrons. The molecular formula is C22H25N3O5S2. The number of anilines is 1. The highest BCUT2D eigenvalue weighted by molar-refractivity contribution is 8.15. The summed E-state index contributed by atoms with van der Waals surface area (Å²) in [6, 6.07) is 12.6. The zero-order valence-electron chi connectivity index (χ0n) is 17.8. The largest absolute Gasteiger partial charge is 0.497 e. The summed E-state index contributed by atoms with van der Waals surface area (Å²) in [7, 11) is 0.249. The number of fused-ring (bicyclic) bond motifs is 1. The number of amides is 1. The second-order valence-corrected chi connectivity index (χ2v) is 11.0. The highest BCUT2D eigenvalue weighted by atomic mass is 32.2. The molecule has 0 spiro atoms. The minimum Gasteiger partial charge on any atom is -0.497 e. The summed E-state index contributed by atoms with van der Waals surface area (Å²) >= 11 is 1.47. The van der Waals surface area contributed by atoms with Crippen molar-refractivity contribution in [2.45, 2.75) is 17.7 Å². The third-order valence-electron chi connectivity index (χ3n) is 5.39. The molecule has 10 heteroatoms. The fraction of sp³-hybridized carbons (Fsp3) is 0.364. The average Bonchev–Trinajstić information content (AvgIpc) is 3.26.